The second kappa shape index (κ2) is 10.6. The van der Waals surface area contributed by atoms with Crippen molar-refractivity contribution >= 4 is 0 Å². The van der Waals surface area contributed by atoms with E-state index >= 15 is 0 Å². The Balaban J connectivity index is 1.89. The zero-order chi connectivity index (χ0) is 25.9. The van der Waals surface area contributed by atoms with Crippen LogP contribution in [-0.4, -0.2) is 17.5 Å². The van der Waals surface area contributed by atoms with Crippen LogP contribution in [0.15, 0.2) is 48.5 Å². The summed E-state index contributed by atoms with van der Waals surface area (Å²) in [4.78, 5) is 2.23. The van der Waals surface area contributed by atoms with Crippen molar-refractivity contribution in [3.63, 3.8) is 0 Å². The number of benzene rings is 2. The first kappa shape index (κ1) is 27.1. The van der Waals surface area contributed by atoms with E-state index in [0.29, 0.717) is 44.5 Å². The Morgan fingerprint density at radius 3 is 2.06 bits per heavy atom. The second-order valence-corrected chi connectivity index (χ2v) is 9.62. The van der Waals surface area contributed by atoms with Gasteiger partial charge in [0.2, 0.25) is 0 Å². The largest absolute Gasteiger partial charge is 0.417 e. The van der Waals surface area contributed by atoms with Gasteiger partial charge in [-0.25, -0.2) is 0 Å². The highest BCUT2D eigenvalue weighted by Crippen LogP contribution is 2.49. The minimum absolute atomic E-state index is 0.0316. The van der Waals surface area contributed by atoms with Crippen molar-refractivity contribution in [1.29, 1.82) is 5.26 Å². The minimum Gasteiger partial charge on any atom is -0.297 e. The van der Waals surface area contributed by atoms with Crippen molar-refractivity contribution < 1.29 is 26.3 Å². The van der Waals surface area contributed by atoms with Gasteiger partial charge in [0.05, 0.1) is 22.6 Å². The van der Waals surface area contributed by atoms with Crippen molar-refractivity contribution in [3.8, 4) is 6.07 Å². The molecule has 190 valence electrons. The van der Waals surface area contributed by atoms with Crippen LogP contribution in [0.5, 0.6) is 0 Å². The topological polar surface area (TPSA) is 27.0 Å². The Morgan fingerprint density at radius 2 is 1.57 bits per heavy atom. The Kier molecular flexibility index (Phi) is 8.21. The number of halogens is 6. The molecule has 0 spiro atoms. The summed E-state index contributed by atoms with van der Waals surface area (Å²) in [5.74, 6) is -0.174. The summed E-state index contributed by atoms with van der Waals surface area (Å²) < 4.78 is 80.7. The average molecular weight is 497 g/mol. The van der Waals surface area contributed by atoms with Crippen LogP contribution in [0.2, 0.25) is 0 Å². The van der Waals surface area contributed by atoms with Crippen LogP contribution in [0.3, 0.4) is 0 Å². The third-order valence-corrected chi connectivity index (χ3v) is 7.12. The first-order valence-corrected chi connectivity index (χ1v) is 11.9. The van der Waals surface area contributed by atoms with Crippen LogP contribution < -0.4 is 0 Å². The Bertz CT molecular complexity index is 1020. The van der Waals surface area contributed by atoms with Gasteiger partial charge in [-0.15, -0.1) is 0 Å². The predicted octanol–water partition coefficient (Wildman–Crippen LogP) is 7.98. The second-order valence-electron chi connectivity index (χ2n) is 9.62. The van der Waals surface area contributed by atoms with Crippen LogP contribution >= 0.6 is 0 Å². The molecule has 3 rings (SSSR count). The maximum absolute atomic E-state index is 13.6. The molecule has 35 heavy (non-hydrogen) atoms. The van der Waals surface area contributed by atoms with E-state index in [1.165, 1.54) is 0 Å². The smallest absolute Gasteiger partial charge is 0.297 e. The standard InChI is InChI=1S/C27H30F6N2/c1-19(2)35(17-20-8-4-3-5-9-20)15-7-14-25(18-34,21-10-6-11-21)22-12-13-23(26(28,29)30)24(16-22)27(31,32)33/h3-5,8-9,12-13,16,19,21H,6-7,10-11,14-15,17H2,1-2H3. The summed E-state index contributed by atoms with van der Waals surface area (Å²) in [6.07, 6.45) is -7.28. The van der Waals surface area contributed by atoms with E-state index in [4.69, 9.17) is 0 Å². The molecule has 1 fully saturated rings. The number of rotatable bonds is 9. The first-order chi connectivity index (χ1) is 16.4. The summed E-state index contributed by atoms with van der Waals surface area (Å²) in [5, 5.41) is 10.2. The first-order valence-electron chi connectivity index (χ1n) is 11.9. The Morgan fingerprint density at radius 1 is 0.943 bits per heavy atom. The molecule has 2 aromatic rings. The molecule has 0 aromatic heterocycles. The Labute approximate surface area is 202 Å². The van der Waals surface area contributed by atoms with E-state index in [-0.39, 0.29) is 23.9 Å². The number of hydrogen-bond acceptors (Lipinski definition) is 2. The monoisotopic (exact) mass is 496 g/mol. The summed E-state index contributed by atoms with van der Waals surface area (Å²) in [6, 6.07) is 14.5. The molecule has 0 saturated heterocycles. The lowest BCUT2D eigenvalue weighted by atomic mass is 9.60. The predicted molar refractivity (Wildman–Crippen MR) is 122 cm³/mol. The van der Waals surface area contributed by atoms with E-state index in [1.54, 1.807) is 0 Å². The highest BCUT2D eigenvalue weighted by Gasteiger charge is 2.47. The summed E-state index contributed by atoms with van der Waals surface area (Å²) in [5.41, 5.74) is -3.54. The third-order valence-electron chi connectivity index (χ3n) is 7.12. The third kappa shape index (κ3) is 6.19. The zero-order valence-electron chi connectivity index (χ0n) is 19.9. The van der Waals surface area contributed by atoms with Gasteiger partial charge in [-0.2, -0.15) is 31.6 Å². The molecular formula is C27H30F6N2. The molecule has 8 heteroatoms. The van der Waals surface area contributed by atoms with Crippen LogP contribution in [-0.2, 0) is 24.3 Å². The molecule has 0 aliphatic heterocycles. The molecule has 0 radical (unpaired) electrons. The van der Waals surface area contributed by atoms with E-state index in [2.05, 4.69) is 24.8 Å². The number of hydrogen-bond donors (Lipinski definition) is 0. The van der Waals surface area contributed by atoms with Gasteiger partial charge in [0.25, 0.3) is 0 Å². The summed E-state index contributed by atoms with van der Waals surface area (Å²) in [7, 11) is 0. The molecule has 0 N–H and O–H groups in total. The molecular weight excluding hydrogens is 466 g/mol. The van der Waals surface area contributed by atoms with Crippen LogP contribution in [0.4, 0.5) is 26.3 Å². The van der Waals surface area contributed by atoms with Crippen molar-refractivity contribution in [2.24, 2.45) is 5.92 Å². The number of alkyl halides is 6. The lowest BCUT2D eigenvalue weighted by Gasteiger charge is -2.42. The fourth-order valence-electron chi connectivity index (χ4n) is 4.90. The Hall–Kier alpha value is -2.53. The lowest BCUT2D eigenvalue weighted by molar-refractivity contribution is -0.162. The fraction of sp³-hybridized carbons (Fsp3) is 0.519. The van der Waals surface area contributed by atoms with E-state index in [0.717, 1.165) is 18.1 Å². The molecule has 0 amide bonds. The van der Waals surface area contributed by atoms with Gasteiger partial charge in [-0.05, 0) is 75.3 Å². The van der Waals surface area contributed by atoms with Gasteiger partial charge in [0.15, 0.2) is 0 Å². The molecule has 2 aromatic carbocycles. The fourth-order valence-corrected chi connectivity index (χ4v) is 4.90. The molecule has 0 bridgehead atoms. The van der Waals surface area contributed by atoms with Crippen LogP contribution in [0.25, 0.3) is 0 Å². The van der Waals surface area contributed by atoms with Gasteiger partial charge < -0.3 is 0 Å². The number of nitrogens with zero attached hydrogens (tertiary/aromatic N) is 2. The quantitative estimate of drug-likeness (QED) is 0.329. The molecule has 1 aliphatic carbocycles. The molecule has 1 unspecified atom stereocenters. The molecule has 0 heterocycles. The molecule has 1 atom stereocenters. The van der Waals surface area contributed by atoms with Gasteiger partial charge >= 0.3 is 12.4 Å². The summed E-state index contributed by atoms with van der Waals surface area (Å²) in [6.45, 7) is 5.42. The van der Waals surface area contributed by atoms with Crippen molar-refractivity contribution in [2.75, 3.05) is 6.54 Å². The summed E-state index contributed by atoms with van der Waals surface area (Å²) >= 11 is 0. The normalized spacial score (nSPS) is 16.7. The van der Waals surface area contributed by atoms with Gasteiger partial charge in [0, 0.05) is 12.6 Å². The lowest BCUT2D eigenvalue weighted by Crippen LogP contribution is -2.40. The van der Waals surface area contributed by atoms with Crippen LogP contribution in [0.1, 0.15) is 68.2 Å². The van der Waals surface area contributed by atoms with Crippen molar-refractivity contribution in [3.05, 3.63) is 70.8 Å². The zero-order valence-corrected chi connectivity index (χ0v) is 19.9. The van der Waals surface area contributed by atoms with E-state index < -0.39 is 28.9 Å². The molecule has 2 nitrogen and oxygen atoms in total. The van der Waals surface area contributed by atoms with Crippen molar-refractivity contribution in [1.82, 2.24) is 4.90 Å². The highest BCUT2D eigenvalue weighted by atomic mass is 19.4. The van der Waals surface area contributed by atoms with Crippen molar-refractivity contribution in [2.45, 2.75) is 76.3 Å². The molecule has 1 aliphatic rings. The molecule has 1 saturated carbocycles. The minimum atomic E-state index is -5.17. The van der Waals surface area contributed by atoms with E-state index in [1.807, 2.05) is 30.3 Å². The maximum atomic E-state index is 13.6. The van der Waals surface area contributed by atoms with Gasteiger partial charge in [0.1, 0.15) is 0 Å². The SMILES string of the molecule is CC(C)N(CCCC(C#N)(c1ccc(C(F)(F)F)c(C(F)(F)F)c1)C1CCC1)Cc1ccccc1. The number of nitriles is 1. The highest BCUT2D eigenvalue weighted by molar-refractivity contribution is 5.43. The average Bonchev–Trinajstić information content (AvgIpc) is 2.75. The van der Waals surface area contributed by atoms with E-state index in [9.17, 15) is 31.6 Å². The van der Waals surface area contributed by atoms with Crippen LogP contribution in [0, 0.1) is 17.2 Å². The van der Waals surface area contributed by atoms with Gasteiger partial charge in [-0.3, -0.25) is 4.90 Å². The van der Waals surface area contributed by atoms with Gasteiger partial charge in [-0.1, -0.05) is 42.8 Å². The maximum Gasteiger partial charge on any atom is 0.417 e.